The van der Waals surface area contributed by atoms with Gasteiger partial charge in [-0.25, -0.2) is 8.42 Å². The standard InChI is InChI=1S/C13H14ClN3O2S2/c1-9-12(14)8-16-17(9)5-6-21(18,19)11-4-2-3-10(7-11)13(15)20/h2-4,7-8H,5-6H2,1H3,(H2,15,20). The Bertz CT molecular complexity index is 784. The molecule has 5 nitrogen and oxygen atoms in total. The number of halogens is 1. The van der Waals surface area contributed by atoms with Gasteiger partial charge in [-0.2, -0.15) is 5.10 Å². The summed E-state index contributed by atoms with van der Waals surface area (Å²) in [5, 5.41) is 4.55. The van der Waals surface area contributed by atoms with E-state index in [9.17, 15) is 8.42 Å². The van der Waals surface area contributed by atoms with Crippen LogP contribution in [0.1, 0.15) is 11.3 Å². The lowest BCUT2D eigenvalue weighted by molar-refractivity contribution is 0.577. The first-order valence-corrected chi connectivity index (χ1v) is 8.55. The first kappa shape index (κ1) is 15.9. The van der Waals surface area contributed by atoms with E-state index in [0.29, 0.717) is 10.6 Å². The molecule has 0 amide bonds. The Morgan fingerprint density at radius 2 is 2.19 bits per heavy atom. The van der Waals surface area contributed by atoms with Gasteiger partial charge in [-0.3, -0.25) is 4.68 Å². The van der Waals surface area contributed by atoms with E-state index < -0.39 is 9.84 Å². The van der Waals surface area contributed by atoms with E-state index in [1.807, 2.05) is 0 Å². The summed E-state index contributed by atoms with van der Waals surface area (Å²) in [4.78, 5) is 0.366. The van der Waals surface area contributed by atoms with Crippen molar-refractivity contribution in [3.8, 4) is 0 Å². The highest BCUT2D eigenvalue weighted by molar-refractivity contribution is 7.91. The fourth-order valence-corrected chi connectivity index (χ4v) is 3.33. The highest BCUT2D eigenvalue weighted by atomic mass is 35.5. The first-order chi connectivity index (χ1) is 9.81. The Morgan fingerprint density at radius 3 is 2.76 bits per heavy atom. The van der Waals surface area contributed by atoms with Gasteiger partial charge in [0.25, 0.3) is 0 Å². The summed E-state index contributed by atoms with van der Waals surface area (Å²) in [5.74, 6) is -0.0768. The van der Waals surface area contributed by atoms with Crippen LogP contribution < -0.4 is 5.73 Å². The molecule has 0 aliphatic carbocycles. The molecule has 1 aromatic heterocycles. The van der Waals surface area contributed by atoms with Crippen molar-refractivity contribution in [1.82, 2.24) is 9.78 Å². The van der Waals surface area contributed by atoms with Gasteiger partial charge in [0.05, 0.1) is 34.1 Å². The molecule has 0 bridgehead atoms. The molecule has 0 atom stereocenters. The van der Waals surface area contributed by atoms with Gasteiger partial charge in [0.2, 0.25) is 0 Å². The van der Waals surface area contributed by atoms with Crippen molar-refractivity contribution in [3.63, 3.8) is 0 Å². The summed E-state index contributed by atoms with van der Waals surface area (Å²) in [6.07, 6.45) is 1.50. The number of hydrogen-bond donors (Lipinski definition) is 1. The maximum absolute atomic E-state index is 12.3. The molecule has 1 heterocycles. The lowest BCUT2D eigenvalue weighted by Gasteiger charge is -2.08. The summed E-state index contributed by atoms with van der Waals surface area (Å²) in [6.45, 7) is 2.02. The van der Waals surface area contributed by atoms with Crippen LogP contribution in [0.3, 0.4) is 0 Å². The van der Waals surface area contributed by atoms with Gasteiger partial charge in [0.15, 0.2) is 9.84 Å². The van der Waals surface area contributed by atoms with Crippen LogP contribution in [0.5, 0.6) is 0 Å². The zero-order valence-corrected chi connectivity index (χ0v) is 13.7. The summed E-state index contributed by atoms with van der Waals surface area (Å²) in [7, 11) is -3.44. The van der Waals surface area contributed by atoms with E-state index in [-0.39, 0.29) is 22.2 Å². The van der Waals surface area contributed by atoms with E-state index in [0.717, 1.165) is 5.69 Å². The van der Waals surface area contributed by atoms with Crippen LogP contribution in [0, 0.1) is 6.92 Å². The lowest BCUT2D eigenvalue weighted by Crippen LogP contribution is -2.16. The third-order valence-electron chi connectivity index (χ3n) is 3.09. The third-order valence-corrected chi connectivity index (χ3v) is 5.39. The van der Waals surface area contributed by atoms with E-state index in [2.05, 4.69) is 5.10 Å². The first-order valence-electron chi connectivity index (χ1n) is 6.12. The highest BCUT2D eigenvalue weighted by Crippen LogP contribution is 2.16. The monoisotopic (exact) mass is 343 g/mol. The van der Waals surface area contributed by atoms with Gasteiger partial charge >= 0.3 is 0 Å². The number of thiocarbonyl (C=S) groups is 1. The summed E-state index contributed by atoms with van der Waals surface area (Å²) < 4.78 is 26.2. The van der Waals surface area contributed by atoms with Crippen molar-refractivity contribution in [3.05, 3.63) is 46.7 Å². The normalized spacial score (nSPS) is 11.5. The van der Waals surface area contributed by atoms with E-state index in [1.165, 1.54) is 18.3 Å². The van der Waals surface area contributed by atoms with Crippen LogP contribution in [0.4, 0.5) is 0 Å². The number of hydrogen-bond acceptors (Lipinski definition) is 4. The molecule has 0 aliphatic rings. The Hall–Kier alpha value is -1.44. The maximum Gasteiger partial charge on any atom is 0.180 e. The SMILES string of the molecule is Cc1c(Cl)cnn1CCS(=O)(=O)c1cccc(C(N)=S)c1. The smallest absolute Gasteiger partial charge is 0.180 e. The van der Waals surface area contributed by atoms with Crippen LogP contribution >= 0.6 is 23.8 Å². The molecular formula is C13H14ClN3O2S2. The topological polar surface area (TPSA) is 78.0 Å². The van der Waals surface area contributed by atoms with Crippen molar-refractivity contribution in [2.24, 2.45) is 5.73 Å². The van der Waals surface area contributed by atoms with Gasteiger partial charge < -0.3 is 5.73 Å². The minimum atomic E-state index is -3.44. The van der Waals surface area contributed by atoms with E-state index in [4.69, 9.17) is 29.6 Å². The molecule has 0 radical (unpaired) electrons. The van der Waals surface area contributed by atoms with Gasteiger partial charge in [0.1, 0.15) is 4.99 Å². The zero-order chi connectivity index (χ0) is 15.6. The van der Waals surface area contributed by atoms with Crippen molar-refractivity contribution < 1.29 is 8.42 Å². The number of nitrogens with zero attached hydrogens (tertiary/aromatic N) is 2. The largest absolute Gasteiger partial charge is 0.389 e. The molecular weight excluding hydrogens is 330 g/mol. The van der Waals surface area contributed by atoms with Crippen LogP contribution in [0.15, 0.2) is 35.4 Å². The number of aromatic nitrogens is 2. The van der Waals surface area contributed by atoms with E-state index in [1.54, 1.807) is 23.7 Å². The number of rotatable bonds is 5. The van der Waals surface area contributed by atoms with Crippen molar-refractivity contribution in [2.45, 2.75) is 18.4 Å². The summed E-state index contributed by atoms with van der Waals surface area (Å²) in [5.41, 5.74) is 6.79. The maximum atomic E-state index is 12.3. The minimum absolute atomic E-state index is 0.0768. The number of sulfone groups is 1. The molecule has 1 aromatic carbocycles. The van der Waals surface area contributed by atoms with Crippen LogP contribution in [0.25, 0.3) is 0 Å². The Kier molecular flexibility index (Phi) is 4.65. The molecule has 112 valence electrons. The lowest BCUT2D eigenvalue weighted by atomic mass is 10.2. The van der Waals surface area contributed by atoms with Gasteiger partial charge in [0, 0.05) is 5.56 Å². The fourth-order valence-electron chi connectivity index (χ4n) is 1.82. The molecule has 0 spiro atoms. The quantitative estimate of drug-likeness (QED) is 0.839. The van der Waals surface area contributed by atoms with E-state index >= 15 is 0 Å². The molecule has 2 aromatic rings. The molecule has 2 rings (SSSR count). The fraction of sp³-hybridized carbons (Fsp3) is 0.231. The molecule has 0 aliphatic heterocycles. The predicted octanol–water partition coefficient (Wildman–Crippen LogP) is 1.95. The number of aryl methyl sites for hydroxylation is 1. The highest BCUT2D eigenvalue weighted by Gasteiger charge is 2.16. The Balaban J connectivity index is 2.21. The van der Waals surface area contributed by atoms with Crippen LogP contribution in [-0.2, 0) is 16.4 Å². The molecule has 8 heteroatoms. The molecule has 0 fully saturated rings. The van der Waals surface area contributed by atoms with Crippen molar-refractivity contribution in [1.29, 1.82) is 0 Å². The number of nitrogens with two attached hydrogens (primary N) is 1. The predicted molar refractivity (Wildman–Crippen MR) is 86.4 cm³/mol. The average molecular weight is 344 g/mol. The Labute approximate surface area is 133 Å². The molecule has 2 N–H and O–H groups in total. The second kappa shape index (κ2) is 6.13. The molecule has 0 saturated heterocycles. The van der Waals surface area contributed by atoms with Gasteiger partial charge in [-0.15, -0.1) is 0 Å². The van der Waals surface area contributed by atoms with Gasteiger partial charge in [-0.1, -0.05) is 36.0 Å². The Morgan fingerprint density at radius 1 is 1.48 bits per heavy atom. The van der Waals surface area contributed by atoms with Crippen molar-refractivity contribution >= 4 is 38.6 Å². The van der Waals surface area contributed by atoms with Crippen LogP contribution in [0.2, 0.25) is 5.02 Å². The van der Waals surface area contributed by atoms with Gasteiger partial charge in [-0.05, 0) is 19.1 Å². The van der Waals surface area contributed by atoms with Crippen LogP contribution in [-0.4, -0.2) is 28.9 Å². The number of benzene rings is 1. The minimum Gasteiger partial charge on any atom is -0.389 e. The molecule has 0 unspecified atom stereocenters. The summed E-state index contributed by atoms with van der Waals surface area (Å²) >= 11 is 10.8. The summed E-state index contributed by atoms with van der Waals surface area (Å²) in [6, 6.07) is 6.32. The second-order valence-electron chi connectivity index (χ2n) is 4.51. The third kappa shape index (κ3) is 3.61. The molecule has 21 heavy (non-hydrogen) atoms. The zero-order valence-electron chi connectivity index (χ0n) is 11.3. The average Bonchev–Trinajstić information content (AvgIpc) is 2.77. The second-order valence-corrected chi connectivity index (χ2v) is 7.47. The van der Waals surface area contributed by atoms with Crippen molar-refractivity contribution in [2.75, 3.05) is 5.75 Å². The molecule has 0 saturated carbocycles.